The van der Waals surface area contributed by atoms with E-state index in [1.807, 2.05) is 76.3 Å². The molecule has 0 saturated carbocycles. The van der Waals surface area contributed by atoms with Crippen LogP contribution in [0.5, 0.6) is 0 Å². The number of para-hydroxylation sites is 1. The second-order valence-electron chi connectivity index (χ2n) is 10.0. The summed E-state index contributed by atoms with van der Waals surface area (Å²) in [6.07, 6.45) is 5.91. The number of carbonyl (C=O) groups excluding carboxylic acids is 2. The highest BCUT2D eigenvalue weighted by Crippen LogP contribution is 2.30. The van der Waals surface area contributed by atoms with Crippen molar-refractivity contribution >= 4 is 40.2 Å². The van der Waals surface area contributed by atoms with Gasteiger partial charge in [0.1, 0.15) is 6.54 Å². The number of allylic oxidation sites excluding steroid dienone is 1. The monoisotopic (exact) mass is 554 g/mol. The molecule has 2 aliphatic rings. The molecule has 2 aromatic heterocycles. The van der Waals surface area contributed by atoms with Crippen molar-refractivity contribution in [2.24, 2.45) is 4.99 Å². The number of benzene rings is 2. The maximum absolute atomic E-state index is 14.0. The van der Waals surface area contributed by atoms with Gasteiger partial charge in [-0.3, -0.25) is 14.2 Å². The zero-order valence-corrected chi connectivity index (χ0v) is 23.3. The van der Waals surface area contributed by atoms with Gasteiger partial charge in [-0.1, -0.05) is 59.9 Å². The van der Waals surface area contributed by atoms with Gasteiger partial charge in [-0.2, -0.15) is 0 Å². The topological polar surface area (TPSA) is 85.9 Å². The van der Waals surface area contributed by atoms with Crippen molar-refractivity contribution in [2.75, 3.05) is 19.7 Å². The lowest BCUT2D eigenvalue weighted by atomic mass is 9.96. The second-order valence-corrected chi connectivity index (χ2v) is 11.0. The van der Waals surface area contributed by atoms with Gasteiger partial charge in [0.25, 0.3) is 5.56 Å². The number of rotatable bonds is 6. The van der Waals surface area contributed by atoms with Crippen molar-refractivity contribution < 1.29 is 14.3 Å². The molecule has 0 bridgehead atoms. The Bertz CT molecular complexity index is 1820. The van der Waals surface area contributed by atoms with Crippen LogP contribution < -0.4 is 14.9 Å². The number of likely N-dealkylation sites (tertiary alicyclic amines) is 1. The van der Waals surface area contributed by atoms with Crippen LogP contribution in [0.4, 0.5) is 0 Å². The molecule has 40 heavy (non-hydrogen) atoms. The molecule has 0 unspecified atom stereocenters. The third-order valence-electron chi connectivity index (χ3n) is 7.50. The summed E-state index contributed by atoms with van der Waals surface area (Å²) < 4.78 is 9.44. The number of amides is 1. The van der Waals surface area contributed by atoms with Gasteiger partial charge in [-0.25, -0.2) is 9.79 Å². The Morgan fingerprint density at radius 1 is 1.07 bits per heavy atom. The Balaban J connectivity index is 1.48. The van der Waals surface area contributed by atoms with Crippen molar-refractivity contribution in [1.82, 2.24) is 14.0 Å². The van der Waals surface area contributed by atoms with Crippen LogP contribution in [0.2, 0.25) is 0 Å². The zero-order chi connectivity index (χ0) is 27.8. The fraction of sp³-hybridized carbons (Fsp3) is 0.290. The first-order valence-corrected chi connectivity index (χ1v) is 14.4. The molecule has 204 valence electrons. The van der Waals surface area contributed by atoms with Crippen LogP contribution in [0.25, 0.3) is 17.0 Å². The van der Waals surface area contributed by atoms with Crippen molar-refractivity contribution in [1.29, 1.82) is 0 Å². The lowest BCUT2D eigenvalue weighted by Crippen LogP contribution is -2.39. The number of ether oxygens (including phenoxy) is 1. The van der Waals surface area contributed by atoms with Crippen LogP contribution in [-0.4, -0.2) is 45.6 Å². The molecule has 1 saturated heterocycles. The Morgan fingerprint density at radius 3 is 2.55 bits per heavy atom. The maximum atomic E-state index is 14.0. The van der Waals surface area contributed by atoms with E-state index in [0.717, 1.165) is 48.0 Å². The number of aromatic nitrogens is 2. The number of thiazole rings is 1. The summed E-state index contributed by atoms with van der Waals surface area (Å²) in [5.74, 6) is -0.369. The van der Waals surface area contributed by atoms with E-state index >= 15 is 0 Å². The summed E-state index contributed by atoms with van der Waals surface area (Å²) in [5.41, 5.74) is 3.28. The molecule has 4 aromatic rings. The van der Waals surface area contributed by atoms with E-state index in [1.54, 1.807) is 18.4 Å². The second kappa shape index (κ2) is 10.7. The summed E-state index contributed by atoms with van der Waals surface area (Å²) in [6.45, 7) is 5.64. The Hall–Kier alpha value is -4.24. The molecule has 4 heterocycles. The lowest BCUT2D eigenvalue weighted by molar-refractivity contribution is -0.139. The molecular weight excluding hydrogens is 524 g/mol. The molecule has 2 aliphatic heterocycles. The summed E-state index contributed by atoms with van der Waals surface area (Å²) >= 11 is 1.30. The van der Waals surface area contributed by atoms with Gasteiger partial charge in [0, 0.05) is 35.8 Å². The summed E-state index contributed by atoms with van der Waals surface area (Å²) in [7, 11) is 0. The van der Waals surface area contributed by atoms with E-state index < -0.39 is 12.0 Å². The quantitative estimate of drug-likeness (QED) is 0.342. The molecular formula is C31H30N4O4S. The van der Waals surface area contributed by atoms with E-state index in [2.05, 4.69) is 4.99 Å². The molecule has 1 fully saturated rings. The van der Waals surface area contributed by atoms with E-state index in [-0.39, 0.29) is 24.6 Å². The van der Waals surface area contributed by atoms with Gasteiger partial charge in [-0.15, -0.1) is 0 Å². The highest BCUT2D eigenvalue weighted by Gasteiger charge is 2.33. The number of fused-ring (bicyclic) bond motifs is 2. The third-order valence-corrected chi connectivity index (χ3v) is 8.49. The lowest BCUT2D eigenvalue weighted by Gasteiger charge is -2.24. The standard InChI is InChI=1S/C31H30N4O4S/c1-3-39-30(38)27-20(2)32-31-35(28(27)21-11-5-4-6-12-21)29(37)25(40-31)17-22-18-34(24-14-8-7-13-23(22)24)19-26(36)33-15-9-10-16-33/h4-8,11-14,17-18,28H,3,9-10,15-16,19H2,1-2H3/b25-17+/t28-/m1/s1. The van der Waals surface area contributed by atoms with Crippen LogP contribution in [-0.2, 0) is 20.9 Å². The van der Waals surface area contributed by atoms with Crippen LogP contribution in [0.1, 0.15) is 43.9 Å². The van der Waals surface area contributed by atoms with Gasteiger partial charge in [-0.05, 0) is 44.4 Å². The average molecular weight is 555 g/mol. The highest BCUT2D eigenvalue weighted by atomic mass is 32.1. The molecule has 0 N–H and O–H groups in total. The number of esters is 1. The van der Waals surface area contributed by atoms with Crippen molar-refractivity contribution in [3.8, 4) is 0 Å². The van der Waals surface area contributed by atoms with E-state index in [0.29, 0.717) is 20.6 Å². The SMILES string of the molecule is CCOC(=O)C1=C(C)N=c2s/c(=C/c3cn(CC(=O)N4CCCC4)c4ccccc34)c(=O)n2[C@@H]1c1ccccc1. The van der Waals surface area contributed by atoms with Crippen molar-refractivity contribution in [3.05, 3.63) is 103 Å². The van der Waals surface area contributed by atoms with Gasteiger partial charge in [0.05, 0.1) is 28.5 Å². The molecule has 8 nitrogen and oxygen atoms in total. The molecule has 0 radical (unpaired) electrons. The number of carbonyl (C=O) groups is 2. The predicted octanol–water partition coefficient (Wildman–Crippen LogP) is 3.38. The largest absolute Gasteiger partial charge is 0.463 e. The van der Waals surface area contributed by atoms with E-state index in [1.165, 1.54) is 11.3 Å². The Labute approximate surface area is 235 Å². The molecule has 0 spiro atoms. The fourth-order valence-corrected chi connectivity index (χ4v) is 6.65. The predicted molar refractivity (Wildman–Crippen MR) is 155 cm³/mol. The molecule has 9 heteroatoms. The smallest absolute Gasteiger partial charge is 0.338 e. The van der Waals surface area contributed by atoms with Gasteiger partial charge < -0.3 is 14.2 Å². The minimum absolute atomic E-state index is 0.106. The van der Waals surface area contributed by atoms with Crippen LogP contribution in [0.15, 0.2) is 81.9 Å². The summed E-state index contributed by atoms with van der Waals surface area (Å²) in [6, 6.07) is 16.8. The number of hydrogen-bond acceptors (Lipinski definition) is 6. The van der Waals surface area contributed by atoms with E-state index in [9.17, 15) is 14.4 Å². The number of hydrogen-bond donors (Lipinski definition) is 0. The first kappa shape index (κ1) is 26.0. The number of nitrogens with zero attached hydrogens (tertiary/aromatic N) is 4. The maximum Gasteiger partial charge on any atom is 0.338 e. The molecule has 2 aromatic carbocycles. The zero-order valence-electron chi connectivity index (χ0n) is 22.5. The molecule has 1 amide bonds. The van der Waals surface area contributed by atoms with Crippen LogP contribution in [0.3, 0.4) is 0 Å². The Kier molecular flexibility index (Phi) is 6.98. The minimum atomic E-state index is -0.641. The first-order chi connectivity index (χ1) is 19.5. The normalized spacial score (nSPS) is 17.3. The fourth-order valence-electron chi connectivity index (χ4n) is 5.62. The minimum Gasteiger partial charge on any atom is -0.463 e. The Morgan fingerprint density at radius 2 is 1.80 bits per heavy atom. The molecule has 1 atom stereocenters. The average Bonchev–Trinajstić information content (AvgIpc) is 3.68. The third kappa shape index (κ3) is 4.60. The van der Waals surface area contributed by atoms with Gasteiger partial charge >= 0.3 is 5.97 Å². The van der Waals surface area contributed by atoms with Gasteiger partial charge in [0.15, 0.2) is 4.80 Å². The van der Waals surface area contributed by atoms with Crippen LogP contribution >= 0.6 is 11.3 Å². The van der Waals surface area contributed by atoms with Crippen molar-refractivity contribution in [3.63, 3.8) is 0 Å². The van der Waals surface area contributed by atoms with E-state index in [4.69, 9.17) is 4.74 Å². The molecule has 0 aliphatic carbocycles. The first-order valence-electron chi connectivity index (χ1n) is 13.6. The van der Waals surface area contributed by atoms with Crippen molar-refractivity contribution in [2.45, 2.75) is 39.3 Å². The summed E-state index contributed by atoms with van der Waals surface area (Å²) in [5, 5.41) is 0.963. The summed E-state index contributed by atoms with van der Waals surface area (Å²) in [4.78, 5) is 47.1. The van der Waals surface area contributed by atoms with Crippen LogP contribution in [0, 0.1) is 0 Å². The highest BCUT2D eigenvalue weighted by molar-refractivity contribution is 7.07. The molecule has 6 rings (SSSR count). The van der Waals surface area contributed by atoms with Gasteiger partial charge in [0.2, 0.25) is 5.91 Å².